The molecular weight excluding hydrogens is 905 g/mol. The number of Topliss-reactive ketones (excluding diaryl/α,β-unsaturated/α-hetero) is 1. The zero-order chi connectivity index (χ0) is 50.7. The molecule has 0 N–H and O–H groups in total. The molecule has 6 rings (SSSR count). The highest BCUT2D eigenvalue weighted by molar-refractivity contribution is 6.35. The summed E-state index contributed by atoms with van der Waals surface area (Å²) in [5.41, 5.74) is 4.86. The van der Waals surface area contributed by atoms with E-state index in [0.29, 0.717) is 63.8 Å². The van der Waals surface area contributed by atoms with Crippen molar-refractivity contribution in [2.75, 3.05) is 7.05 Å². The van der Waals surface area contributed by atoms with Gasteiger partial charge in [0.15, 0.2) is 5.78 Å². The minimum Gasteiger partial charge on any atom is -0.495 e. The Morgan fingerprint density at radius 2 is 1.56 bits per heavy atom. The normalized spacial score (nSPS) is 27.0. The van der Waals surface area contributed by atoms with Gasteiger partial charge in [0.2, 0.25) is 5.90 Å². The maximum absolute atomic E-state index is 14.1. The van der Waals surface area contributed by atoms with Crippen molar-refractivity contribution in [3.05, 3.63) is 97.7 Å². The van der Waals surface area contributed by atoms with Crippen LogP contribution in [-0.2, 0) is 19.1 Å². The largest absolute Gasteiger partial charge is 0.495 e. The molecule has 0 spiro atoms. The van der Waals surface area contributed by atoms with Crippen LogP contribution in [0.3, 0.4) is 0 Å². The predicted molar refractivity (Wildman–Crippen MR) is 295 cm³/mol. The van der Waals surface area contributed by atoms with Crippen LogP contribution in [0.4, 0.5) is 0 Å². The second-order valence-electron chi connectivity index (χ2n) is 21.4. The molecule has 0 amide bonds. The number of ketones is 1. The number of aryl methyl sites for hydroxylation is 2. The van der Waals surface area contributed by atoms with E-state index in [2.05, 4.69) is 88.8 Å². The number of nitrogens with zero attached hydrogens (tertiary/aromatic N) is 1. The van der Waals surface area contributed by atoms with Crippen LogP contribution in [0, 0.1) is 65.1 Å². The van der Waals surface area contributed by atoms with Gasteiger partial charge in [0.25, 0.3) is 0 Å². The lowest BCUT2D eigenvalue weighted by molar-refractivity contribution is -0.138. The van der Waals surface area contributed by atoms with Crippen LogP contribution in [0.25, 0.3) is 5.76 Å². The number of halogens is 3. The molecule has 3 saturated carbocycles. The number of benzene rings is 2. The quantitative estimate of drug-likeness (QED) is 0.0868. The summed E-state index contributed by atoms with van der Waals surface area (Å²) in [6.45, 7) is 36.9. The molecule has 0 aromatic heterocycles. The molecule has 4 aliphatic carbocycles. The molecule has 0 heterocycles. The average molecular weight is 998 g/mol. The summed E-state index contributed by atoms with van der Waals surface area (Å²) in [4.78, 5) is 30.6. The molecule has 0 saturated heterocycles. The first-order valence-corrected chi connectivity index (χ1v) is 26.7. The van der Waals surface area contributed by atoms with Gasteiger partial charge >= 0.3 is 0 Å². The minimum atomic E-state index is -0.572. The Morgan fingerprint density at radius 1 is 0.941 bits per heavy atom. The molecular formula is C60H92Cl3NO4. The Labute approximate surface area is 430 Å². The number of fused-ring (bicyclic) bond motifs is 5. The second kappa shape index (κ2) is 26.5. The number of rotatable bonds is 13. The topological polar surface area (TPSA) is 65.0 Å². The third-order valence-corrected chi connectivity index (χ3v) is 16.5. The molecule has 0 aliphatic heterocycles. The molecule has 8 atom stereocenters. The number of ether oxygens (including phenoxy) is 2. The Kier molecular flexibility index (Phi) is 23.9. The van der Waals surface area contributed by atoms with Crippen LogP contribution >= 0.6 is 34.8 Å². The van der Waals surface area contributed by atoms with Gasteiger partial charge in [0, 0.05) is 40.9 Å². The fourth-order valence-corrected chi connectivity index (χ4v) is 12.9. The summed E-state index contributed by atoms with van der Waals surface area (Å²) in [6.07, 6.45) is 15.1. The Morgan fingerprint density at radius 3 is 2.10 bits per heavy atom. The zero-order valence-corrected chi connectivity index (χ0v) is 46.8. The smallest absolute Gasteiger partial charge is 0.200 e. The minimum absolute atomic E-state index is 0. The zero-order valence-electron chi connectivity index (χ0n) is 44.5. The molecule has 68 heavy (non-hydrogen) atoms. The monoisotopic (exact) mass is 996 g/mol. The van der Waals surface area contributed by atoms with E-state index in [4.69, 9.17) is 49.3 Å². The SMILES string of the molecule is C.C=C(OC(=NC)C12CCC3C(CCC4C(C)(CCC(C)OC(=CCC)CC(C)(C)C=O)C(C)CCC34C)C1=C(C(C)C)C(=O)C2)c1ccc(Cl)cc1Cl.CC.CCC.Cc1ccc(Cl)cc1C. The number of hydrogen-bond acceptors (Lipinski definition) is 5. The van der Waals surface area contributed by atoms with Crippen LogP contribution in [0.2, 0.25) is 15.1 Å². The highest BCUT2D eigenvalue weighted by atomic mass is 35.5. The van der Waals surface area contributed by atoms with Crippen molar-refractivity contribution in [2.45, 2.75) is 194 Å². The molecule has 8 unspecified atom stereocenters. The molecule has 8 heteroatoms. The molecule has 382 valence electrons. The van der Waals surface area contributed by atoms with Crippen molar-refractivity contribution in [1.82, 2.24) is 0 Å². The van der Waals surface area contributed by atoms with E-state index < -0.39 is 10.8 Å². The first-order chi connectivity index (χ1) is 31.5. The van der Waals surface area contributed by atoms with Gasteiger partial charge in [0.05, 0.1) is 22.3 Å². The Hall–Kier alpha value is -2.86. The van der Waals surface area contributed by atoms with Crippen molar-refractivity contribution in [1.29, 1.82) is 0 Å². The van der Waals surface area contributed by atoms with Gasteiger partial charge < -0.3 is 14.3 Å². The number of hydrogen-bond donors (Lipinski definition) is 0. The van der Waals surface area contributed by atoms with Gasteiger partial charge in [-0.1, -0.05) is 144 Å². The highest BCUT2D eigenvalue weighted by Gasteiger charge is 2.64. The van der Waals surface area contributed by atoms with Crippen LogP contribution in [0.15, 0.2) is 71.0 Å². The molecule has 4 aliphatic rings. The summed E-state index contributed by atoms with van der Waals surface area (Å²) in [7, 11) is 1.78. The van der Waals surface area contributed by atoms with Gasteiger partial charge in [0.1, 0.15) is 12.0 Å². The lowest BCUT2D eigenvalue weighted by Gasteiger charge is -2.65. The third kappa shape index (κ3) is 14.0. The molecule has 2 aromatic rings. The van der Waals surface area contributed by atoms with Crippen LogP contribution < -0.4 is 0 Å². The number of allylic oxidation sites excluding steroid dienone is 3. The average Bonchev–Trinajstić information content (AvgIpc) is 3.59. The van der Waals surface area contributed by atoms with Crippen molar-refractivity contribution >= 4 is 58.5 Å². The van der Waals surface area contributed by atoms with Crippen LogP contribution in [0.5, 0.6) is 0 Å². The fraction of sp³-hybridized carbons (Fsp3) is 0.650. The van der Waals surface area contributed by atoms with Gasteiger partial charge in [-0.05, 0) is 178 Å². The maximum atomic E-state index is 14.1. The molecule has 2 aromatic carbocycles. The number of aldehydes is 1. The highest BCUT2D eigenvalue weighted by Crippen LogP contribution is 2.70. The van der Waals surface area contributed by atoms with Gasteiger partial charge in [-0.15, -0.1) is 0 Å². The van der Waals surface area contributed by atoms with E-state index >= 15 is 0 Å². The summed E-state index contributed by atoms with van der Waals surface area (Å²) >= 11 is 18.5. The second-order valence-corrected chi connectivity index (χ2v) is 22.7. The van der Waals surface area contributed by atoms with E-state index in [1.165, 1.54) is 36.0 Å². The molecule has 0 bridgehead atoms. The number of carbonyl (C=O) groups excluding carboxylic acids is 2. The number of aliphatic imine (C=N–C) groups is 1. The molecule has 3 fully saturated rings. The van der Waals surface area contributed by atoms with Gasteiger partial charge in [-0.25, -0.2) is 0 Å². The summed E-state index contributed by atoms with van der Waals surface area (Å²) in [5, 5.41) is 1.84. The predicted octanol–water partition coefficient (Wildman–Crippen LogP) is 18.9. The summed E-state index contributed by atoms with van der Waals surface area (Å²) in [6, 6.07) is 11.2. The van der Waals surface area contributed by atoms with Crippen molar-refractivity contribution < 1.29 is 19.1 Å². The Balaban J connectivity index is 0.000000920. The van der Waals surface area contributed by atoms with E-state index in [1.54, 1.807) is 19.2 Å². The van der Waals surface area contributed by atoms with Gasteiger partial charge in [-0.2, -0.15) is 0 Å². The first kappa shape index (κ1) is 61.3. The maximum Gasteiger partial charge on any atom is 0.200 e. The van der Waals surface area contributed by atoms with E-state index in [0.717, 1.165) is 67.6 Å². The number of carbonyl (C=O) groups is 2. The van der Waals surface area contributed by atoms with Crippen LogP contribution in [0.1, 0.15) is 191 Å². The molecule has 5 nitrogen and oxygen atoms in total. The van der Waals surface area contributed by atoms with Crippen molar-refractivity contribution in [3.8, 4) is 0 Å². The Bertz CT molecular complexity index is 2100. The molecule has 0 radical (unpaired) electrons. The van der Waals surface area contributed by atoms with E-state index in [-0.39, 0.29) is 36.1 Å². The van der Waals surface area contributed by atoms with E-state index in [9.17, 15) is 9.59 Å². The lowest BCUT2D eigenvalue weighted by atomic mass is 9.40. The fourth-order valence-electron chi connectivity index (χ4n) is 12.2. The third-order valence-electron chi connectivity index (χ3n) is 15.7. The lowest BCUT2D eigenvalue weighted by Crippen LogP contribution is -2.58. The van der Waals surface area contributed by atoms with Crippen molar-refractivity contribution in [2.24, 2.45) is 56.2 Å². The van der Waals surface area contributed by atoms with Crippen LogP contribution in [-0.4, -0.2) is 31.1 Å². The van der Waals surface area contributed by atoms with E-state index in [1.807, 2.05) is 52.0 Å². The summed E-state index contributed by atoms with van der Waals surface area (Å²) < 4.78 is 13.2. The standard InChI is InChI=1S/C46H65Cl2NO4.C8H9Cl.C3H8.C2H6.CH4/c1-12-13-33(25-43(7,8)27-50)52-30(5)19-22-44(9)29(4)18-21-45(10)36-20-23-46(42(49-11)53-31(6)34-15-14-32(47)24-37(34)48)26-38(51)40(28(2)3)41(46)35(36)16-17-39(44)45;1-6-3-4-8(9)5-7(6)2;1-3-2;1-2;/h13-15,24,27-30,35-36,39H,6,12,16-23,25-26H2,1-5,7-11H3;3-5H,1-2H3;3H2,1-2H3;1-2H3;1H4. The van der Waals surface area contributed by atoms with Crippen molar-refractivity contribution in [3.63, 3.8) is 0 Å². The summed E-state index contributed by atoms with van der Waals surface area (Å²) in [5.74, 6) is 4.31. The first-order valence-electron chi connectivity index (χ1n) is 25.6. The van der Waals surface area contributed by atoms with Gasteiger partial charge in [-0.3, -0.25) is 9.79 Å².